The number of aromatic nitrogens is 3. The van der Waals surface area contributed by atoms with Gasteiger partial charge < -0.3 is 8.83 Å². The highest BCUT2D eigenvalue weighted by Crippen LogP contribution is 2.49. The second-order valence-electron chi connectivity index (χ2n) is 15.2. The highest BCUT2D eigenvalue weighted by Gasteiger charge is 2.28. The number of fused-ring (bicyclic) bond motifs is 20. The molecule has 0 bridgehead atoms. The Hall–Kier alpha value is -7.54. The molecule has 0 spiro atoms. The number of benzene rings is 9. The fourth-order valence-electron chi connectivity index (χ4n) is 9.76. The van der Waals surface area contributed by atoms with Crippen LogP contribution in [-0.2, 0) is 0 Å². The van der Waals surface area contributed by atoms with E-state index < -0.39 is 0 Å². The van der Waals surface area contributed by atoms with Crippen molar-refractivity contribution in [2.24, 2.45) is 0 Å². The summed E-state index contributed by atoms with van der Waals surface area (Å²) in [6, 6.07) is 58.0. The molecule has 5 nitrogen and oxygen atoms in total. The summed E-state index contributed by atoms with van der Waals surface area (Å²) in [6.07, 6.45) is 0. The highest BCUT2D eigenvalue weighted by molar-refractivity contribution is 7.26. The summed E-state index contributed by atoms with van der Waals surface area (Å²) >= 11 is 1.81. The van der Waals surface area contributed by atoms with Crippen molar-refractivity contribution < 1.29 is 8.83 Å². The molecule has 0 unspecified atom stereocenters. The fraction of sp³-hybridized carbons (Fsp3) is 0. The molecule has 5 aromatic heterocycles. The molecule has 0 aliphatic carbocycles. The van der Waals surface area contributed by atoms with E-state index in [2.05, 4.69) is 150 Å². The lowest BCUT2D eigenvalue weighted by Crippen LogP contribution is -2.03. The number of hydrogen-bond acceptors (Lipinski definition) is 5. The summed E-state index contributed by atoms with van der Waals surface area (Å²) in [4.78, 5) is 11.2. The van der Waals surface area contributed by atoms with Crippen molar-refractivity contribution in [3.05, 3.63) is 164 Å². The van der Waals surface area contributed by atoms with Crippen molar-refractivity contribution in [2.75, 3.05) is 0 Å². The first-order valence-electron chi connectivity index (χ1n) is 19.5. The Balaban J connectivity index is 1.23. The van der Waals surface area contributed by atoms with Gasteiger partial charge in [-0.15, -0.1) is 11.3 Å². The van der Waals surface area contributed by atoms with Crippen LogP contribution in [0.1, 0.15) is 0 Å². The van der Waals surface area contributed by atoms with Crippen molar-refractivity contribution in [3.63, 3.8) is 0 Å². The Kier molecular flexibility index (Phi) is 5.85. The predicted octanol–water partition coefficient (Wildman–Crippen LogP) is 14.9. The molecule has 14 rings (SSSR count). The Morgan fingerprint density at radius 2 is 1.05 bits per heavy atom. The second-order valence-corrected chi connectivity index (χ2v) is 16.2. The average Bonchev–Trinajstić information content (AvgIpc) is 4.05. The first kappa shape index (κ1) is 30.7. The lowest BCUT2D eigenvalue weighted by Gasteiger charge is -2.12. The molecular formula is C52H27N3O2S. The molecule has 0 saturated heterocycles. The zero-order valence-electron chi connectivity index (χ0n) is 30.7. The SMILES string of the molecule is c1ccc2c(c1)cc(-c1nc(-n3c4ccc5ccccc5c4c4c5ccccc5c5c6ccccc6oc5c43)nc3c1oc1ccccc13)c1sc3ccccc3c12. The Labute approximate surface area is 332 Å². The number of para-hydroxylation sites is 2. The van der Waals surface area contributed by atoms with Crippen LogP contribution < -0.4 is 0 Å². The van der Waals surface area contributed by atoms with E-state index in [-0.39, 0.29) is 0 Å². The summed E-state index contributed by atoms with van der Waals surface area (Å²) in [5, 5.41) is 14.9. The lowest BCUT2D eigenvalue weighted by atomic mass is 9.97. The van der Waals surface area contributed by atoms with Gasteiger partial charge in [-0.05, 0) is 68.7 Å². The third-order valence-corrected chi connectivity index (χ3v) is 13.4. The van der Waals surface area contributed by atoms with Crippen molar-refractivity contribution in [1.82, 2.24) is 14.5 Å². The van der Waals surface area contributed by atoms with Crippen molar-refractivity contribution in [1.29, 1.82) is 0 Å². The van der Waals surface area contributed by atoms with Crippen molar-refractivity contribution >= 4 is 130 Å². The summed E-state index contributed by atoms with van der Waals surface area (Å²) < 4.78 is 18.4. The molecule has 14 aromatic rings. The van der Waals surface area contributed by atoms with Gasteiger partial charge in [0.15, 0.2) is 11.2 Å². The fourth-order valence-corrected chi connectivity index (χ4v) is 11.0. The zero-order valence-corrected chi connectivity index (χ0v) is 31.5. The van der Waals surface area contributed by atoms with Crippen molar-refractivity contribution in [3.8, 4) is 17.2 Å². The van der Waals surface area contributed by atoms with E-state index in [0.29, 0.717) is 11.5 Å². The van der Waals surface area contributed by atoms with Gasteiger partial charge in [0.25, 0.3) is 0 Å². The minimum absolute atomic E-state index is 0.559. The van der Waals surface area contributed by atoms with Gasteiger partial charge in [-0.25, -0.2) is 9.97 Å². The van der Waals surface area contributed by atoms with E-state index in [0.717, 1.165) is 87.6 Å². The number of thiophene rings is 1. The van der Waals surface area contributed by atoms with E-state index >= 15 is 0 Å². The molecule has 6 heteroatoms. The van der Waals surface area contributed by atoms with E-state index in [9.17, 15) is 0 Å². The molecule has 0 N–H and O–H groups in total. The van der Waals surface area contributed by atoms with Gasteiger partial charge >= 0.3 is 0 Å². The van der Waals surface area contributed by atoms with Crippen LogP contribution in [0.15, 0.2) is 173 Å². The normalized spacial score (nSPS) is 12.5. The van der Waals surface area contributed by atoms with Crippen LogP contribution in [0.5, 0.6) is 0 Å². The minimum atomic E-state index is 0.559. The smallest absolute Gasteiger partial charge is 0.236 e. The molecule has 5 heterocycles. The van der Waals surface area contributed by atoms with Crippen LogP contribution in [0.25, 0.3) is 136 Å². The van der Waals surface area contributed by atoms with Gasteiger partial charge in [-0.1, -0.05) is 127 Å². The van der Waals surface area contributed by atoms with Crippen LogP contribution in [0, 0.1) is 0 Å². The Bertz CT molecular complexity index is 4110. The first-order chi connectivity index (χ1) is 28.8. The quantitative estimate of drug-likeness (QED) is 0.176. The van der Waals surface area contributed by atoms with Gasteiger partial charge in [0.1, 0.15) is 27.9 Å². The number of furan rings is 2. The minimum Gasteiger partial charge on any atom is -0.454 e. The van der Waals surface area contributed by atoms with Crippen LogP contribution in [0.4, 0.5) is 0 Å². The largest absolute Gasteiger partial charge is 0.454 e. The maximum absolute atomic E-state index is 6.98. The second kappa shape index (κ2) is 11.1. The molecule has 0 fully saturated rings. The predicted molar refractivity (Wildman–Crippen MR) is 242 cm³/mol. The van der Waals surface area contributed by atoms with E-state index in [1.165, 1.54) is 36.3 Å². The van der Waals surface area contributed by atoms with Crippen LogP contribution >= 0.6 is 11.3 Å². The monoisotopic (exact) mass is 757 g/mol. The van der Waals surface area contributed by atoms with E-state index in [4.69, 9.17) is 18.8 Å². The van der Waals surface area contributed by atoms with Gasteiger partial charge in [-0.3, -0.25) is 4.57 Å². The summed E-state index contributed by atoms with van der Waals surface area (Å²) in [6.45, 7) is 0. The number of nitrogens with zero attached hydrogens (tertiary/aromatic N) is 3. The molecule has 0 atom stereocenters. The Morgan fingerprint density at radius 1 is 0.448 bits per heavy atom. The van der Waals surface area contributed by atoms with E-state index in [1.54, 1.807) is 11.3 Å². The molecule has 9 aromatic carbocycles. The molecule has 268 valence electrons. The number of hydrogen-bond donors (Lipinski definition) is 0. The van der Waals surface area contributed by atoms with Crippen LogP contribution in [0.3, 0.4) is 0 Å². The molecule has 0 amide bonds. The van der Waals surface area contributed by atoms with Gasteiger partial charge in [0.2, 0.25) is 5.95 Å². The molecule has 0 saturated carbocycles. The van der Waals surface area contributed by atoms with E-state index in [1.807, 2.05) is 18.2 Å². The standard InChI is InChI=1S/C52H27N3O2S/c1-3-15-30-28(13-1)25-26-38-44(30)45-33-18-6-5-17-32(33)42-34-19-7-10-22-39(34)56-49(42)48(45)55(38)52-53-46-35-20-8-11-23-40(35)57-50(46)47(54-52)37-27-29-14-2-4-16-31(29)43-36-21-9-12-24-41(36)58-51(37)43/h1-27H. The number of rotatable bonds is 2. The maximum atomic E-state index is 6.98. The first-order valence-corrected chi connectivity index (χ1v) is 20.3. The third-order valence-electron chi connectivity index (χ3n) is 12.2. The molecule has 0 radical (unpaired) electrons. The highest BCUT2D eigenvalue weighted by atomic mass is 32.1. The lowest BCUT2D eigenvalue weighted by molar-refractivity contribution is 0.666. The summed E-state index contributed by atoms with van der Waals surface area (Å²) in [7, 11) is 0. The molecule has 0 aliphatic rings. The van der Waals surface area contributed by atoms with Gasteiger partial charge in [0, 0.05) is 52.7 Å². The molecule has 58 heavy (non-hydrogen) atoms. The van der Waals surface area contributed by atoms with Gasteiger partial charge in [-0.2, -0.15) is 0 Å². The topological polar surface area (TPSA) is 57.0 Å². The Morgan fingerprint density at radius 3 is 1.86 bits per heavy atom. The maximum Gasteiger partial charge on any atom is 0.236 e. The molecular weight excluding hydrogens is 731 g/mol. The average molecular weight is 758 g/mol. The van der Waals surface area contributed by atoms with Crippen LogP contribution in [-0.4, -0.2) is 14.5 Å². The van der Waals surface area contributed by atoms with Crippen LogP contribution in [0.2, 0.25) is 0 Å². The third kappa shape index (κ3) is 3.89. The molecule has 0 aliphatic heterocycles. The summed E-state index contributed by atoms with van der Waals surface area (Å²) in [5.41, 5.74) is 7.62. The summed E-state index contributed by atoms with van der Waals surface area (Å²) in [5.74, 6) is 0.559. The van der Waals surface area contributed by atoms with Crippen molar-refractivity contribution in [2.45, 2.75) is 0 Å². The van der Waals surface area contributed by atoms with Gasteiger partial charge in [0.05, 0.1) is 5.52 Å². The zero-order chi connectivity index (χ0) is 37.6.